The average molecular weight is 256 g/mol. The van der Waals surface area contributed by atoms with Crippen molar-refractivity contribution in [2.75, 3.05) is 6.61 Å². The van der Waals surface area contributed by atoms with Gasteiger partial charge in [0.1, 0.15) is 5.75 Å². The van der Waals surface area contributed by atoms with E-state index >= 15 is 0 Å². The van der Waals surface area contributed by atoms with Crippen LogP contribution >= 0.6 is 0 Å². The summed E-state index contributed by atoms with van der Waals surface area (Å²) in [5.74, 6) is 0.889. The van der Waals surface area contributed by atoms with Crippen LogP contribution in [0.4, 0.5) is 0 Å². The number of ether oxygens (including phenoxy) is 1. The minimum Gasteiger partial charge on any atom is -0.494 e. The number of hydrogen-bond donors (Lipinski definition) is 1. The lowest BCUT2D eigenvalue weighted by Gasteiger charge is -2.13. The Bertz CT molecular complexity index is 505. The maximum Gasteiger partial charge on any atom is 0.119 e. The number of benzene rings is 1. The van der Waals surface area contributed by atoms with Gasteiger partial charge in [-0.1, -0.05) is 25.1 Å². The molecule has 0 amide bonds. The molecule has 0 saturated heterocycles. The van der Waals surface area contributed by atoms with Crippen molar-refractivity contribution in [1.82, 2.24) is 4.98 Å². The molecular weight excluding hydrogens is 236 g/mol. The minimum atomic E-state index is -0.145. The van der Waals surface area contributed by atoms with Crippen LogP contribution in [0.3, 0.4) is 0 Å². The molecule has 0 aliphatic carbocycles. The van der Waals surface area contributed by atoms with Gasteiger partial charge < -0.3 is 10.5 Å². The van der Waals surface area contributed by atoms with Gasteiger partial charge in [-0.3, -0.25) is 4.98 Å². The Morgan fingerprint density at radius 2 is 1.79 bits per heavy atom. The van der Waals surface area contributed by atoms with Crippen LogP contribution in [0.5, 0.6) is 5.75 Å². The largest absolute Gasteiger partial charge is 0.494 e. The van der Waals surface area contributed by atoms with Crippen molar-refractivity contribution in [3.63, 3.8) is 0 Å². The Kier molecular flexibility index (Phi) is 4.53. The van der Waals surface area contributed by atoms with E-state index in [4.69, 9.17) is 10.5 Å². The van der Waals surface area contributed by atoms with Gasteiger partial charge in [0.15, 0.2) is 0 Å². The molecule has 2 N–H and O–H groups in total. The zero-order valence-corrected chi connectivity index (χ0v) is 11.5. The first-order valence-electron chi connectivity index (χ1n) is 6.61. The van der Waals surface area contributed by atoms with Crippen molar-refractivity contribution in [2.45, 2.75) is 26.3 Å². The highest BCUT2D eigenvalue weighted by Gasteiger charge is 2.09. The Balaban J connectivity index is 2.10. The van der Waals surface area contributed by atoms with E-state index in [1.807, 2.05) is 49.5 Å². The summed E-state index contributed by atoms with van der Waals surface area (Å²) in [6.45, 7) is 4.80. The molecule has 0 saturated carbocycles. The molecule has 19 heavy (non-hydrogen) atoms. The van der Waals surface area contributed by atoms with E-state index in [2.05, 4.69) is 11.9 Å². The molecule has 1 aromatic heterocycles. The summed E-state index contributed by atoms with van der Waals surface area (Å²) in [7, 11) is 0. The van der Waals surface area contributed by atoms with Gasteiger partial charge in [0.25, 0.3) is 0 Å². The standard InChI is InChI=1S/C16H20N2O/c1-3-10-19-15-8-6-13(7-9-15)16(17)14-5-4-12(2)18-11-14/h4-9,11,16H,3,10,17H2,1-2H3. The fraction of sp³-hybridized carbons (Fsp3) is 0.312. The quantitative estimate of drug-likeness (QED) is 0.893. The summed E-state index contributed by atoms with van der Waals surface area (Å²) >= 11 is 0. The topological polar surface area (TPSA) is 48.1 Å². The van der Waals surface area contributed by atoms with Gasteiger partial charge >= 0.3 is 0 Å². The maximum absolute atomic E-state index is 6.24. The minimum absolute atomic E-state index is 0.145. The Hall–Kier alpha value is -1.87. The van der Waals surface area contributed by atoms with Gasteiger partial charge in [-0.25, -0.2) is 0 Å². The van der Waals surface area contributed by atoms with Crippen LogP contribution in [-0.4, -0.2) is 11.6 Å². The molecule has 0 spiro atoms. The van der Waals surface area contributed by atoms with Crippen LogP contribution in [0.1, 0.15) is 36.2 Å². The molecule has 2 rings (SSSR count). The molecule has 0 radical (unpaired) electrons. The van der Waals surface area contributed by atoms with E-state index in [1.165, 1.54) is 0 Å². The van der Waals surface area contributed by atoms with Crippen molar-refractivity contribution in [3.8, 4) is 5.75 Å². The smallest absolute Gasteiger partial charge is 0.119 e. The average Bonchev–Trinajstić information content (AvgIpc) is 2.46. The van der Waals surface area contributed by atoms with E-state index in [9.17, 15) is 0 Å². The van der Waals surface area contributed by atoms with E-state index in [1.54, 1.807) is 0 Å². The molecule has 0 bridgehead atoms. The fourth-order valence-corrected chi connectivity index (χ4v) is 1.85. The molecule has 1 heterocycles. The van der Waals surface area contributed by atoms with Crippen molar-refractivity contribution in [3.05, 3.63) is 59.4 Å². The first-order valence-corrected chi connectivity index (χ1v) is 6.61. The summed E-state index contributed by atoms with van der Waals surface area (Å²) in [4.78, 5) is 4.28. The van der Waals surface area contributed by atoms with E-state index < -0.39 is 0 Å². The number of hydrogen-bond acceptors (Lipinski definition) is 3. The van der Waals surface area contributed by atoms with Crippen LogP contribution in [0.15, 0.2) is 42.6 Å². The third kappa shape index (κ3) is 3.55. The molecule has 0 aliphatic heterocycles. The van der Waals surface area contributed by atoms with Gasteiger partial charge in [0.05, 0.1) is 12.6 Å². The lowest BCUT2D eigenvalue weighted by atomic mass is 10.0. The number of rotatable bonds is 5. The SMILES string of the molecule is CCCOc1ccc(C(N)c2ccc(C)nc2)cc1. The normalized spacial score (nSPS) is 12.2. The lowest BCUT2D eigenvalue weighted by Crippen LogP contribution is -2.12. The molecule has 1 unspecified atom stereocenters. The van der Waals surface area contributed by atoms with Crippen molar-refractivity contribution < 1.29 is 4.74 Å². The van der Waals surface area contributed by atoms with Crippen molar-refractivity contribution in [1.29, 1.82) is 0 Å². The third-order valence-corrected chi connectivity index (χ3v) is 3.01. The summed E-state index contributed by atoms with van der Waals surface area (Å²) in [6.07, 6.45) is 2.85. The molecule has 1 atom stereocenters. The highest BCUT2D eigenvalue weighted by atomic mass is 16.5. The van der Waals surface area contributed by atoms with Crippen LogP contribution in [0.25, 0.3) is 0 Å². The molecular formula is C16H20N2O. The van der Waals surface area contributed by atoms with E-state index in [-0.39, 0.29) is 6.04 Å². The number of nitrogens with two attached hydrogens (primary N) is 1. The number of nitrogens with zero attached hydrogens (tertiary/aromatic N) is 1. The van der Waals surface area contributed by atoms with E-state index in [0.717, 1.165) is 35.6 Å². The number of aryl methyl sites for hydroxylation is 1. The molecule has 100 valence electrons. The van der Waals surface area contributed by atoms with Gasteiger partial charge in [0.2, 0.25) is 0 Å². The lowest BCUT2D eigenvalue weighted by molar-refractivity contribution is 0.317. The maximum atomic E-state index is 6.24. The van der Waals surface area contributed by atoms with Crippen LogP contribution in [0, 0.1) is 6.92 Å². The highest BCUT2D eigenvalue weighted by Crippen LogP contribution is 2.21. The molecule has 2 aromatic rings. The first-order chi connectivity index (χ1) is 9.20. The zero-order valence-electron chi connectivity index (χ0n) is 11.5. The summed E-state index contributed by atoms with van der Waals surface area (Å²) in [5.41, 5.74) is 9.32. The Morgan fingerprint density at radius 3 is 2.37 bits per heavy atom. The third-order valence-electron chi connectivity index (χ3n) is 3.01. The molecule has 3 heteroatoms. The second-order valence-corrected chi connectivity index (χ2v) is 4.63. The van der Waals surface area contributed by atoms with Gasteiger partial charge in [-0.15, -0.1) is 0 Å². The monoisotopic (exact) mass is 256 g/mol. The summed E-state index contributed by atoms with van der Waals surface area (Å²) in [5, 5.41) is 0. The predicted octanol–water partition coefficient (Wildman–Crippen LogP) is 3.23. The van der Waals surface area contributed by atoms with Gasteiger partial charge in [0, 0.05) is 11.9 Å². The molecule has 1 aromatic carbocycles. The fourth-order valence-electron chi connectivity index (χ4n) is 1.85. The first kappa shape index (κ1) is 13.6. The van der Waals surface area contributed by atoms with Gasteiger partial charge in [-0.05, 0) is 42.7 Å². The highest BCUT2D eigenvalue weighted by molar-refractivity contribution is 5.34. The molecule has 0 fully saturated rings. The summed E-state index contributed by atoms with van der Waals surface area (Å²) in [6, 6.07) is 11.8. The van der Waals surface area contributed by atoms with Gasteiger partial charge in [-0.2, -0.15) is 0 Å². The molecule has 3 nitrogen and oxygen atoms in total. The second-order valence-electron chi connectivity index (χ2n) is 4.63. The zero-order chi connectivity index (χ0) is 13.7. The number of pyridine rings is 1. The van der Waals surface area contributed by atoms with E-state index in [0.29, 0.717) is 0 Å². The molecule has 0 aliphatic rings. The number of aromatic nitrogens is 1. The Labute approximate surface area is 114 Å². The Morgan fingerprint density at radius 1 is 1.11 bits per heavy atom. The van der Waals surface area contributed by atoms with Crippen molar-refractivity contribution >= 4 is 0 Å². The predicted molar refractivity (Wildman–Crippen MR) is 77.2 cm³/mol. The van der Waals surface area contributed by atoms with Crippen molar-refractivity contribution in [2.24, 2.45) is 5.73 Å². The van der Waals surface area contributed by atoms with Crippen LogP contribution in [-0.2, 0) is 0 Å². The van der Waals surface area contributed by atoms with Crippen LogP contribution in [0.2, 0.25) is 0 Å². The summed E-state index contributed by atoms with van der Waals surface area (Å²) < 4.78 is 5.56. The second kappa shape index (κ2) is 6.34. The van der Waals surface area contributed by atoms with Crippen LogP contribution < -0.4 is 10.5 Å².